The second kappa shape index (κ2) is 4.36. The first-order chi connectivity index (χ1) is 8.85. The molecule has 0 amide bonds. The molecule has 0 N–H and O–H groups in total. The molecule has 1 aliphatic heterocycles. The lowest BCUT2D eigenvalue weighted by molar-refractivity contribution is -0.385. The van der Waals surface area contributed by atoms with Crippen LogP contribution >= 0.6 is 0 Å². The summed E-state index contributed by atoms with van der Waals surface area (Å²) < 4.78 is 22.0. The van der Waals surface area contributed by atoms with Gasteiger partial charge in [0.2, 0.25) is 0 Å². The van der Waals surface area contributed by atoms with Crippen LogP contribution in [0.15, 0.2) is 18.2 Å². The van der Waals surface area contributed by atoms with Gasteiger partial charge in [-0.2, -0.15) is 0 Å². The Bertz CT molecular complexity index is 519. The van der Waals surface area contributed by atoms with Gasteiger partial charge in [-0.05, 0) is 6.07 Å². The zero-order valence-corrected chi connectivity index (χ0v) is 11.1. The highest BCUT2D eigenvalue weighted by molar-refractivity contribution is 5.50. The van der Waals surface area contributed by atoms with Crippen LogP contribution in [0.4, 0.5) is 5.69 Å². The molecule has 0 bridgehead atoms. The number of nitro groups is 1. The monoisotopic (exact) mass is 269 g/mol. The second-order valence-corrected chi connectivity index (χ2v) is 4.39. The van der Waals surface area contributed by atoms with E-state index in [9.17, 15) is 10.1 Å². The topological polar surface area (TPSA) is 80.1 Å². The molecule has 0 radical (unpaired) electrons. The number of nitro benzene ring substituents is 1. The minimum Gasteiger partial charge on any atom is -0.452 e. The zero-order valence-electron chi connectivity index (χ0n) is 11.1. The van der Waals surface area contributed by atoms with Crippen LogP contribution in [0.3, 0.4) is 0 Å². The van der Waals surface area contributed by atoms with Gasteiger partial charge in [-0.1, -0.05) is 0 Å². The predicted octanol–water partition coefficient (Wildman–Crippen LogP) is 2.09. The van der Waals surface area contributed by atoms with Crippen LogP contribution in [0, 0.1) is 10.1 Å². The third-order valence-corrected chi connectivity index (χ3v) is 3.35. The number of methoxy groups -OCH3 is 2. The number of fused-ring (bicyclic) bond motifs is 1. The summed E-state index contributed by atoms with van der Waals surface area (Å²) in [5.74, 6) is -1.77. The summed E-state index contributed by atoms with van der Waals surface area (Å²) >= 11 is 0. The lowest BCUT2D eigenvalue weighted by Crippen LogP contribution is -2.62. The molecular weight excluding hydrogens is 254 g/mol. The lowest BCUT2D eigenvalue weighted by Gasteiger charge is -2.46. The van der Waals surface area contributed by atoms with Crippen molar-refractivity contribution >= 4 is 5.69 Å². The molecule has 1 aliphatic rings. The molecule has 0 fully saturated rings. The van der Waals surface area contributed by atoms with Crippen molar-refractivity contribution in [3.63, 3.8) is 0 Å². The Morgan fingerprint density at radius 3 is 2.11 bits per heavy atom. The molecule has 0 aromatic heterocycles. The molecule has 104 valence electrons. The second-order valence-electron chi connectivity index (χ2n) is 4.39. The zero-order chi connectivity index (χ0) is 14.3. The van der Waals surface area contributed by atoms with Crippen molar-refractivity contribution in [3.8, 4) is 11.5 Å². The van der Waals surface area contributed by atoms with Gasteiger partial charge in [-0.15, -0.1) is 0 Å². The Kier molecular flexibility index (Phi) is 3.11. The molecule has 2 rings (SSSR count). The number of rotatable bonds is 3. The standard InChI is InChI=1S/C12H15NO6/c1-11(16-3)12(2,17-4)19-10-7-8(13(14)15)5-6-9(10)18-11/h5-7H,1-4H3. The van der Waals surface area contributed by atoms with Gasteiger partial charge in [0, 0.05) is 34.1 Å². The van der Waals surface area contributed by atoms with Crippen molar-refractivity contribution in [2.75, 3.05) is 14.2 Å². The van der Waals surface area contributed by atoms with Crippen LogP contribution in [0.5, 0.6) is 11.5 Å². The number of nitrogens with zero attached hydrogens (tertiary/aromatic N) is 1. The van der Waals surface area contributed by atoms with Gasteiger partial charge in [-0.25, -0.2) is 0 Å². The molecule has 7 heteroatoms. The normalized spacial score (nSPS) is 29.1. The fourth-order valence-electron chi connectivity index (χ4n) is 1.83. The first kappa shape index (κ1) is 13.6. The molecule has 0 spiro atoms. The molecule has 2 atom stereocenters. The van der Waals surface area contributed by atoms with Crippen molar-refractivity contribution in [1.82, 2.24) is 0 Å². The third-order valence-electron chi connectivity index (χ3n) is 3.35. The number of benzene rings is 1. The first-order valence-electron chi connectivity index (χ1n) is 5.62. The van der Waals surface area contributed by atoms with Crippen molar-refractivity contribution in [2.45, 2.75) is 25.4 Å². The quantitative estimate of drug-likeness (QED) is 0.617. The Morgan fingerprint density at radius 1 is 1.11 bits per heavy atom. The van der Waals surface area contributed by atoms with E-state index in [4.69, 9.17) is 18.9 Å². The fourth-order valence-corrected chi connectivity index (χ4v) is 1.83. The van der Waals surface area contributed by atoms with E-state index in [0.29, 0.717) is 5.75 Å². The van der Waals surface area contributed by atoms with Crippen molar-refractivity contribution in [1.29, 1.82) is 0 Å². The molecule has 0 saturated heterocycles. The van der Waals surface area contributed by atoms with E-state index in [1.807, 2.05) is 0 Å². The van der Waals surface area contributed by atoms with Crippen LogP contribution in [-0.4, -0.2) is 30.7 Å². The average Bonchev–Trinajstić information content (AvgIpc) is 2.39. The summed E-state index contributed by atoms with van der Waals surface area (Å²) in [4.78, 5) is 10.3. The summed E-state index contributed by atoms with van der Waals surface area (Å²) in [5, 5.41) is 10.8. The summed E-state index contributed by atoms with van der Waals surface area (Å²) in [6, 6.07) is 4.11. The largest absolute Gasteiger partial charge is 0.452 e. The van der Waals surface area contributed by atoms with E-state index >= 15 is 0 Å². The maximum absolute atomic E-state index is 10.8. The molecule has 2 unspecified atom stereocenters. The highest BCUT2D eigenvalue weighted by atomic mass is 16.8. The maximum Gasteiger partial charge on any atom is 0.273 e. The molecule has 1 heterocycles. The predicted molar refractivity (Wildman–Crippen MR) is 65.2 cm³/mol. The number of hydrogen-bond acceptors (Lipinski definition) is 6. The van der Waals surface area contributed by atoms with Crippen LogP contribution in [0.25, 0.3) is 0 Å². The molecule has 1 aromatic rings. The SMILES string of the molecule is COC1(C)Oc2ccc([N+](=O)[O-])cc2OC1(C)OC. The Hall–Kier alpha value is -1.86. The Balaban J connectivity index is 2.48. The molecule has 19 heavy (non-hydrogen) atoms. The van der Waals surface area contributed by atoms with Crippen LogP contribution < -0.4 is 9.47 Å². The van der Waals surface area contributed by atoms with Gasteiger partial charge in [0.1, 0.15) is 0 Å². The van der Waals surface area contributed by atoms with Gasteiger partial charge in [-0.3, -0.25) is 10.1 Å². The highest BCUT2D eigenvalue weighted by Crippen LogP contribution is 2.45. The number of non-ortho nitro benzene ring substituents is 1. The Morgan fingerprint density at radius 2 is 1.63 bits per heavy atom. The molecule has 0 saturated carbocycles. The van der Waals surface area contributed by atoms with E-state index in [0.717, 1.165) is 0 Å². The van der Waals surface area contributed by atoms with E-state index in [1.54, 1.807) is 13.8 Å². The van der Waals surface area contributed by atoms with Gasteiger partial charge in [0.05, 0.1) is 11.0 Å². The van der Waals surface area contributed by atoms with E-state index < -0.39 is 16.5 Å². The van der Waals surface area contributed by atoms with Crippen molar-refractivity contribution < 1.29 is 23.9 Å². The average molecular weight is 269 g/mol. The lowest BCUT2D eigenvalue weighted by atomic mass is 10.1. The molecule has 1 aromatic carbocycles. The summed E-state index contributed by atoms with van der Waals surface area (Å²) in [5.41, 5.74) is -0.0816. The van der Waals surface area contributed by atoms with E-state index in [-0.39, 0.29) is 11.4 Å². The van der Waals surface area contributed by atoms with Crippen LogP contribution in [0.1, 0.15) is 13.8 Å². The van der Waals surface area contributed by atoms with Crippen LogP contribution in [-0.2, 0) is 9.47 Å². The third kappa shape index (κ3) is 2.00. The number of ether oxygens (including phenoxy) is 4. The van der Waals surface area contributed by atoms with E-state index in [1.165, 1.54) is 32.4 Å². The van der Waals surface area contributed by atoms with Gasteiger partial charge >= 0.3 is 0 Å². The molecular formula is C12H15NO6. The number of hydrogen-bond donors (Lipinski definition) is 0. The maximum atomic E-state index is 10.8. The summed E-state index contributed by atoms with van der Waals surface area (Å²) in [6.45, 7) is 3.30. The van der Waals surface area contributed by atoms with E-state index in [2.05, 4.69) is 0 Å². The highest BCUT2D eigenvalue weighted by Gasteiger charge is 2.54. The van der Waals surface area contributed by atoms with Gasteiger partial charge in [0.15, 0.2) is 11.5 Å². The van der Waals surface area contributed by atoms with Crippen molar-refractivity contribution in [3.05, 3.63) is 28.3 Å². The molecule has 0 aliphatic carbocycles. The Labute approximate surface area is 110 Å². The van der Waals surface area contributed by atoms with Gasteiger partial charge in [0.25, 0.3) is 17.3 Å². The van der Waals surface area contributed by atoms with Gasteiger partial charge < -0.3 is 18.9 Å². The van der Waals surface area contributed by atoms with Crippen LogP contribution in [0.2, 0.25) is 0 Å². The smallest absolute Gasteiger partial charge is 0.273 e. The summed E-state index contributed by atoms with van der Waals surface area (Å²) in [7, 11) is 2.92. The molecule has 7 nitrogen and oxygen atoms in total. The fraction of sp³-hybridized carbons (Fsp3) is 0.500. The first-order valence-corrected chi connectivity index (χ1v) is 5.62. The minimum absolute atomic E-state index is 0.0816. The summed E-state index contributed by atoms with van der Waals surface area (Å²) in [6.07, 6.45) is 0. The minimum atomic E-state index is -1.22. The van der Waals surface area contributed by atoms with Crippen molar-refractivity contribution in [2.24, 2.45) is 0 Å².